The lowest BCUT2D eigenvalue weighted by Gasteiger charge is -2.27. The van der Waals surface area contributed by atoms with E-state index in [9.17, 15) is 14.7 Å². The van der Waals surface area contributed by atoms with Crippen molar-refractivity contribution in [3.8, 4) is 5.75 Å². The molecule has 7 heteroatoms. The second-order valence-electron chi connectivity index (χ2n) is 12.6. The largest absolute Gasteiger partial charge is 0.542 e. The molecule has 4 rings (SSSR count). The summed E-state index contributed by atoms with van der Waals surface area (Å²) >= 11 is 0. The maximum absolute atomic E-state index is 11.9. The molecule has 2 fully saturated rings. The smallest absolute Gasteiger partial charge is 0.514 e. The number of carbonyl (C=O) groups excluding carboxylic acids is 2. The normalized spacial score (nSPS) is 16.6. The molecule has 0 aliphatic heterocycles. The van der Waals surface area contributed by atoms with Crippen LogP contribution in [0.4, 0.5) is 4.79 Å². The van der Waals surface area contributed by atoms with Crippen LogP contribution in [0.15, 0.2) is 48.2 Å². The van der Waals surface area contributed by atoms with Crippen LogP contribution in [0.2, 0.25) is 0 Å². The number of carboxylic acids is 1. The maximum Gasteiger partial charge on any atom is 0.514 e. The number of rotatable bonds is 8. The number of nitrogens with two attached hydrogens (primary N) is 1. The van der Waals surface area contributed by atoms with Gasteiger partial charge in [-0.3, -0.25) is 0 Å². The molecule has 0 aromatic heterocycles. The van der Waals surface area contributed by atoms with Gasteiger partial charge in [-0.15, -0.1) is 0 Å². The van der Waals surface area contributed by atoms with Crippen LogP contribution in [0, 0.1) is 13.8 Å². The quantitative estimate of drug-likeness (QED) is 0.174. The van der Waals surface area contributed by atoms with Crippen LogP contribution in [-0.4, -0.2) is 29.8 Å². The Balaban J connectivity index is 0.000000307. The van der Waals surface area contributed by atoms with E-state index in [-0.39, 0.29) is 12.4 Å². The minimum absolute atomic E-state index is 0.110. The number of aryl methyl sites for hydroxylation is 2. The molecule has 2 saturated carbocycles. The monoisotopic (exact) mass is 579 g/mol. The Hall–Kier alpha value is -3.32. The summed E-state index contributed by atoms with van der Waals surface area (Å²) in [7, 11) is 0. The standard InChI is InChI=1S/C23H26O6.C12H23N/c1-15-11-18(12-16(2)20(15)28-22(26)29-23(3,4)5)13-19(21(24)25)27-14-17-9-7-6-8-10-17;1-3-7-11(8-4-1)13-12-9-5-2-6-10-12/h6-13H,14H2,1-5H3,(H,24,25);11-13H,1-10H2/b19-13-;. The topological polar surface area (TPSA) is 102 Å². The summed E-state index contributed by atoms with van der Waals surface area (Å²) in [5.41, 5.74) is 2.07. The van der Waals surface area contributed by atoms with Crippen LogP contribution in [-0.2, 0) is 20.9 Å². The van der Waals surface area contributed by atoms with E-state index in [0.29, 0.717) is 22.4 Å². The summed E-state index contributed by atoms with van der Waals surface area (Å²) in [5.74, 6) is -1.32. The van der Waals surface area contributed by atoms with E-state index in [4.69, 9.17) is 14.2 Å². The van der Waals surface area contributed by atoms with Gasteiger partial charge in [0.15, 0.2) is 0 Å². The van der Waals surface area contributed by atoms with Crippen LogP contribution < -0.4 is 15.2 Å². The zero-order chi connectivity index (χ0) is 30.5. The lowest BCUT2D eigenvalue weighted by molar-refractivity contribution is -0.725. The predicted molar refractivity (Wildman–Crippen MR) is 163 cm³/mol. The van der Waals surface area contributed by atoms with Crippen molar-refractivity contribution >= 4 is 18.2 Å². The summed E-state index contributed by atoms with van der Waals surface area (Å²) in [6, 6.07) is 14.6. The van der Waals surface area contributed by atoms with Crippen molar-refractivity contribution in [3.63, 3.8) is 0 Å². The molecule has 2 aromatic carbocycles. The molecule has 0 unspecified atom stereocenters. The first kappa shape index (κ1) is 33.2. The van der Waals surface area contributed by atoms with Crippen molar-refractivity contribution in [2.45, 2.75) is 123 Å². The Bertz CT molecular complexity index is 1130. The van der Waals surface area contributed by atoms with Crippen molar-refractivity contribution in [1.29, 1.82) is 0 Å². The average molecular weight is 580 g/mol. The number of quaternary nitrogens is 1. The fraction of sp³-hybridized carbons (Fsp3) is 0.543. The zero-order valence-electron chi connectivity index (χ0n) is 26.1. The molecule has 0 atom stereocenters. The number of hydrogen-bond acceptors (Lipinski definition) is 6. The highest BCUT2D eigenvalue weighted by Gasteiger charge is 2.23. The Morgan fingerprint density at radius 3 is 1.88 bits per heavy atom. The first-order chi connectivity index (χ1) is 20.0. The third-order valence-electron chi connectivity index (χ3n) is 7.64. The fourth-order valence-electron chi connectivity index (χ4n) is 5.67. The minimum Gasteiger partial charge on any atom is -0.542 e. The zero-order valence-corrected chi connectivity index (χ0v) is 26.1. The van der Waals surface area contributed by atoms with Gasteiger partial charge >= 0.3 is 6.16 Å². The van der Waals surface area contributed by atoms with Gasteiger partial charge in [-0.1, -0.05) is 43.2 Å². The van der Waals surface area contributed by atoms with Gasteiger partial charge in [0.1, 0.15) is 29.7 Å². The van der Waals surface area contributed by atoms with E-state index in [1.807, 2.05) is 30.3 Å². The Morgan fingerprint density at radius 2 is 1.40 bits per heavy atom. The summed E-state index contributed by atoms with van der Waals surface area (Å²) in [5, 5.41) is 14.2. The number of hydrogen-bond donors (Lipinski definition) is 1. The average Bonchev–Trinajstić information content (AvgIpc) is 2.94. The van der Waals surface area contributed by atoms with Crippen molar-refractivity contribution in [3.05, 3.63) is 70.5 Å². The van der Waals surface area contributed by atoms with Gasteiger partial charge in [-0.25, -0.2) is 4.79 Å². The molecule has 0 spiro atoms. The van der Waals surface area contributed by atoms with Crippen molar-refractivity contribution in [1.82, 2.24) is 0 Å². The lowest BCUT2D eigenvalue weighted by Crippen LogP contribution is -2.95. The van der Waals surface area contributed by atoms with E-state index in [2.05, 4.69) is 5.32 Å². The molecule has 0 saturated heterocycles. The first-order valence-corrected chi connectivity index (χ1v) is 15.5. The van der Waals surface area contributed by atoms with Crippen molar-refractivity contribution < 1.29 is 34.2 Å². The first-order valence-electron chi connectivity index (χ1n) is 15.5. The van der Waals surface area contributed by atoms with Crippen molar-refractivity contribution in [2.75, 3.05) is 0 Å². The number of carbonyl (C=O) groups is 2. The van der Waals surface area contributed by atoms with Crippen LogP contribution in [0.3, 0.4) is 0 Å². The lowest BCUT2D eigenvalue weighted by atomic mass is 9.91. The highest BCUT2D eigenvalue weighted by Crippen LogP contribution is 2.27. The van der Waals surface area contributed by atoms with Gasteiger partial charge in [-0.2, -0.15) is 0 Å². The Kier molecular flexibility index (Phi) is 12.9. The summed E-state index contributed by atoms with van der Waals surface area (Å²) < 4.78 is 15.9. The van der Waals surface area contributed by atoms with E-state index in [1.165, 1.54) is 70.3 Å². The third kappa shape index (κ3) is 11.9. The number of ether oxygens (including phenoxy) is 3. The van der Waals surface area contributed by atoms with Gasteiger partial charge in [0.2, 0.25) is 0 Å². The fourth-order valence-corrected chi connectivity index (χ4v) is 5.67. The molecular weight excluding hydrogens is 530 g/mol. The molecule has 42 heavy (non-hydrogen) atoms. The molecule has 0 amide bonds. The molecule has 2 N–H and O–H groups in total. The number of aliphatic carboxylic acids is 1. The summed E-state index contributed by atoms with van der Waals surface area (Å²) in [6.07, 6.45) is 15.5. The van der Waals surface area contributed by atoms with Crippen LogP contribution in [0.25, 0.3) is 6.08 Å². The minimum atomic E-state index is -1.41. The van der Waals surface area contributed by atoms with Crippen LogP contribution >= 0.6 is 0 Å². The molecule has 2 aliphatic rings. The SMILES string of the molecule is C1CCC([NH2+]C2CCCCC2)CC1.Cc1cc(/C=C(\OCc2ccccc2)C(=O)[O-])cc(C)c1OC(=O)OC(C)(C)C. The number of carboxylic acid groups (broad SMARTS) is 1. The van der Waals surface area contributed by atoms with E-state index in [0.717, 1.165) is 17.6 Å². The van der Waals surface area contributed by atoms with Crippen LogP contribution in [0.1, 0.15) is 107 Å². The second-order valence-corrected chi connectivity index (χ2v) is 12.6. The van der Waals surface area contributed by atoms with E-state index in [1.54, 1.807) is 46.8 Å². The molecule has 0 radical (unpaired) electrons. The molecule has 7 nitrogen and oxygen atoms in total. The summed E-state index contributed by atoms with van der Waals surface area (Å²) in [4.78, 5) is 23.4. The van der Waals surface area contributed by atoms with E-state index < -0.39 is 17.7 Å². The van der Waals surface area contributed by atoms with Gasteiger partial charge in [0, 0.05) is 0 Å². The number of benzene rings is 2. The summed E-state index contributed by atoms with van der Waals surface area (Å²) in [6.45, 7) is 8.87. The molecule has 0 bridgehead atoms. The Labute approximate surface area is 251 Å². The molecule has 2 aliphatic carbocycles. The van der Waals surface area contributed by atoms with Gasteiger partial charge in [-0.05, 0) is 126 Å². The molecule has 2 aromatic rings. The maximum atomic E-state index is 11.9. The van der Waals surface area contributed by atoms with Crippen molar-refractivity contribution in [2.24, 2.45) is 0 Å². The van der Waals surface area contributed by atoms with Gasteiger partial charge < -0.3 is 29.4 Å². The molecule has 230 valence electrons. The second kappa shape index (κ2) is 16.4. The van der Waals surface area contributed by atoms with Crippen LogP contribution in [0.5, 0.6) is 5.75 Å². The molecular formula is C35H49NO6. The van der Waals surface area contributed by atoms with Gasteiger partial charge in [0.25, 0.3) is 0 Å². The predicted octanol–water partition coefficient (Wildman–Crippen LogP) is 6.14. The molecule has 0 heterocycles. The highest BCUT2D eigenvalue weighted by atomic mass is 16.7. The highest BCUT2D eigenvalue weighted by molar-refractivity contribution is 5.88. The van der Waals surface area contributed by atoms with Gasteiger partial charge in [0.05, 0.1) is 12.1 Å². The third-order valence-corrected chi connectivity index (χ3v) is 7.64. The Morgan fingerprint density at radius 1 is 0.881 bits per heavy atom. The van der Waals surface area contributed by atoms with E-state index >= 15 is 0 Å².